The van der Waals surface area contributed by atoms with Crippen LogP contribution in [-0.4, -0.2) is 45.5 Å². The molecule has 2 aliphatic heterocycles. The highest BCUT2D eigenvalue weighted by Crippen LogP contribution is 2.35. The van der Waals surface area contributed by atoms with Crippen LogP contribution in [0.3, 0.4) is 0 Å². The minimum absolute atomic E-state index is 0.0311. The molecule has 0 spiro atoms. The van der Waals surface area contributed by atoms with E-state index >= 15 is 0 Å². The van der Waals surface area contributed by atoms with Crippen LogP contribution in [0.4, 0.5) is 10.5 Å². The number of rotatable bonds is 3. The molecule has 8 nitrogen and oxygen atoms in total. The normalized spacial score (nSPS) is 22.7. The van der Waals surface area contributed by atoms with Crippen molar-refractivity contribution in [1.82, 2.24) is 19.8 Å². The summed E-state index contributed by atoms with van der Waals surface area (Å²) in [7, 11) is 0. The molecule has 0 unspecified atom stereocenters. The van der Waals surface area contributed by atoms with E-state index in [0.717, 1.165) is 25.0 Å². The van der Waals surface area contributed by atoms with Crippen molar-refractivity contribution in [3.63, 3.8) is 0 Å². The van der Waals surface area contributed by atoms with Gasteiger partial charge in [0.25, 0.3) is 11.5 Å². The lowest BCUT2D eigenvalue weighted by Crippen LogP contribution is -2.53. The maximum Gasteiger partial charge on any atom is 0.317 e. The highest BCUT2D eigenvalue weighted by Gasteiger charge is 2.37. The third-order valence-electron chi connectivity index (χ3n) is 7.01. The fourth-order valence-electron chi connectivity index (χ4n) is 5.42. The van der Waals surface area contributed by atoms with Gasteiger partial charge in [-0.15, -0.1) is 0 Å². The summed E-state index contributed by atoms with van der Waals surface area (Å²) in [5.74, 6) is 0.0473. The topological polar surface area (TPSA) is 96.3 Å². The number of piperidine rings is 1. The Morgan fingerprint density at radius 1 is 0.969 bits per heavy atom. The molecule has 2 aromatic rings. The average Bonchev–Trinajstić information content (AvgIpc) is 2.82. The van der Waals surface area contributed by atoms with Gasteiger partial charge in [0.05, 0.1) is 0 Å². The molecule has 3 aliphatic rings. The van der Waals surface area contributed by atoms with E-state index in [4.69, 9.17) is 0 Å². The van der Waals surface area contributed by atoms with Crippen molar-refractivity contribution in [3.05, 3.63) is 58.3 Å². The van der Waals surface area contributed by atoms with Crippen LogP contribution in [0.2, 0.25) is 0 Å². The van der Waals surface area contributed by atoms with E-state index in [1.54, 1.807) is 35.2 Å². The molecule has 2 fully saturated rings. The highest BCUT2D eigenvalue weighted by molar-refractivity contribution is 6.04. The Kier molecular flexibility index (Phi) is 5.68. The van der Waals surface area contributed by atoms with E-state index < -0.39 is 0 Å². The van der Waals surface area contributed by atoms with E-state index in [1.165, 1.54) is 19.3 Å². The SMILES string of the molecule is O=C(Nc1ccc2n(c1=O)C[C@@H]1C[C@@H]2CN(C(=O)NC2CCCCC2)C1)c1ccncc1. The average molecular weight is 436 g/mol. The third-order valence-corrected chi connectivity index (χ3v) is 7.01. The third kappa shape index (κ3) is 4.13. The fraction of sp³-hybridized carbons (Fsp3) is 0.500. The number of hydrogen-bond donors (Lipinski definition) is 2. The van der Waals surface area contributed by atoms with Crippen molar-refractivity contribution in [2.24, 2.45) is 5.92 Å². The number of likely N-dealkylation sites (tertiary alicyclic amines) is 1. The first kappa shape index (κ1) is 20.7. The Morgan fingerprint density at radius 3 is 2.53 bits per heavy atom. The molecule has 5 rings (SSSR count). The molecule has 1 saturated heterocycles. The van der Waals surface area contributed by atoms with Gasteiger partial charge in [-0.2, -0.15) is 0 Å². The Morgan fingerprint density at radius 2 is 1.75 bits per heavy atom. The van der Waals surface area contributed by atoms with Gasteiger partial charge >= 0.3 is 6.03 Å². The van der Waals surface area contributed by atoms with Gasteiger partial charge in [-0.3, -0.25) is 14.6 Å². The van der Waals surface area contributed by atoms with Gasteiger partial charge in [0, 0.05) is 55.2 Å². The molecule has 32 heavy (non-hydrogen) atoms. The molecule has 2 aromatic heterocycles. The Labute approximate surface area is 187 Å². The van der Waals surface area contributed by atoms with E-state index in [2.05, 4.69) is 15.6 Å². The molecule has 8 heteroatoms. The van der Waals surface area contributed by atoms with Crippen LogP contribution in [0.5, 0.6) is 0 Å². The molecule has 2 bridgehead atoms. The summed E-state index contributed by atoms with van der Waals surface area (Å²) in [5.41, 5.74) is 1.50. The highest BCUT2D eigenvalue weighted by atomic mass is 16.2. The number of aromatic nitrogens is 2. The number of nitrogens with zero attached hydrogens (tertiary/aromatic N) is 3. The molecule has 168 valence electrons. The molecule has 1 saturated carbocycles. The summed E-state index contributed by atoms with van der Waals surface area (Å²) in [4.78, 5) is 44.3. The van der Waals surface area contributed by atoms with Crippen molar-refractivity contribution in [3.8, 4) is 0 Å². The number of anilines is 1. The van der Waals surface area contributed by atoms with Crippen molar-refractivity contribution in [2.45, 2.75) is 57.0 Å². The van der Waals surface area contributed by atoms with Crippen molar-refractivity contribution in [1.29, 1.82) is 0 Å². The maximum absolute atomic E-state index is 13.1. The van der Waals surface area contributed by atoms with Gasteiger partial charge in [-0.1, -0.05) is 19.3 Å². The van der Waals surface area contributed by atoms with Crippen LogP contribution in [0.1, 0.15) is 60.5 Å². The minimum atomic E-state index is -0.327. The molecule has 2 atom stereocenters. The molecule has 0 aromatic carbocycles. The van der Waals surface area contributed by atoms with Crippen molar-refractivity contribution in [2.75, 3.05) is 18.4 Å². The summed E-state index contributed by atoms with van der Waals surface area (Å²) in [6, 6.07) is 7.16. The first-order chi connectivity index (χ1) is 15.6. The number of carbonyl (C=O) groups is 2. The number of nitrogens with one attached hydrogen (secondary N) is 2. The summed E-state index contributed by atoms with van der Waals surface area (Å²) in [5, 5.41) is 5.97. The maximum atomic E-state index is 13.1. The standard InChI is InChI=1S/C24H29N5O3/c30-22(17-8-10-25-11-9-17)27-20-6-7-21-18-12-16(14-29(21)23(20)31)13-28(15-18)24(32)26-19-4-2-1-3-5-19/h6-11,16,18-19H,1-5,12-15H2,(H,26,32)(H,27,30)/t16-,18-/m1/s1. The summed E-state index contributed by atoms with van der Waals surface area (Å²) < 4.78 is 1.79. The van der Waals surface area contributed by atoms with Gasteiger partial charge in [0.2, 0.25) is 0 Å². The summed E-state index contributed by atoms with van der Waals surface area (Å²) in [6.07, 6.45) is 9.85. The predicted molar refractivity (Wildman–Crippen MR) is 121 cm³/mol. The van der Waals surface area contributed by atoms with Gasteiger partial charge in [-0.05, 0) is 49.4 Å². The summed E-state index contributed by atoms with van der Waals surface area (Å²) in [6.45, 7) is 1.85. The Bertz CT molecular complexity index is 1060. The second-order valence-electron chi connectivity index (χ2n) is 9.27. The lowest BCUT2D eigenvalue weighted by Gasteiger charge is -2.43. The van der Waals surface area contributed by atoms with Crippen molar-refractivity contribution >= 4 is 17.6 Å². The predicted octanol–water partition coefficient (Wildman–Crippen LogP) is 2.96. The number of hydrogen-bond acceptors (Lipinski definition) is 4. The zero-order chi connectivity index (χ0) is 22.1. The largest absolute Gasteiger partial charge is 0.335 e. The quantitative estimate of drug-likeness (QED) is 0.775. The van der Waals surface area contributed by atoms with Crippen LogP contribution < -0.4 is 16.2 Å². The number of carbonyl (C=O) groups excluding carboxylic acids is 2. The van der Waals surface area contributed by atoms with E-state index in [0.29, 0.717) is 31.2 Å². The van der Waals surface area contributed by atoms with Gasteiger partial charge in [0.15, 0.2) is 0 Å². The molecular formula is C24H29N5O3. The van der Waals surface area contributed by atoms with Gasteiger partial charge < -0.3 is 20.1 Å². The summed E-state index contributed by atoms with van der Waals surface area (Å²) >= 11 is 0. The van der Waals surface area contributed by atoms with E-state index in [9.17, 15) is 14.4 Å². The van der Waals surface area contributed by atoms with Crippen LogP contribution in [0, 0.1) is 5.92 Å². The zero-order valence-corrected chi connectivity index (χ0v) is 18.1. The smallest absolute Gasteiger partial charge is 0.317 e. The number of fused-ring (bicyclic) bond motifs is 4. The van der Waals surface area contributed by atoms with Gasteiger partial charge in [0.1, 0.15) is 5.69 Å². The first-order valence-corrected chi connectivity index (χ1v) is 11.6. The number of amides is 3. The molecule has 3 amide bonds. The van der Waals surface area contributed by atoms with Crippen molar-refractivity contribution < 1.29 is 9.59 Å². The minimum Gasteiger partial charge on any atom is -0.335 e. The Hall–Kier alpha value is -3.16. The van der Waals surface area contributed by atoms with Crippen LogP contribution in [0.15, 0.2) is 41.5 Å². The van der Waals surface area contributed by atoms with E-state index in [1.807, 2.05) is 11.0 Å². The number of pyridine rings is 2. The lowest BCUT2D eigenvalue weighted by molar-refractivity contribution is 0.102. The first-order valence-electron chi connectivity index (χ1n) is 11.6. The van der Waals surface area contributed by atoms with E-state index in [-0.39, 0.29) is 35.0 Å². The molecule has 2 N–H and O–H groups in total. The molecule has 4 heterocycles. The second kappa shape index (κ2) is 8.76. The fourth-order valence-corrected chi connectivity index (χ4v) is 5.42. The monoisotopic (exact) mass is 435 g/mol. The number of urea groups is 1. The van der Waals surface area contributed by atoms with Crippen LogP contribution in [-0.2, 0) is 6.54 Å². The molecular weight excluding hydrogens is 406 g/mol. The zero-order valence-electron chi connectivity index (χ0n) is 18.1. The molecule has 0 radical (unpaired) electrons. The van der Waals surface area contributed by atoms with Crippen LogP contribution in [0.25, 0.3) is 0 Å². The molecule has 1 aliphatic carbocycles. The second-order valence-corrected chi connectivity index (χ2v) is 9.27. The Balaban J connectivity index is 1.30. The van der Waals surface area contributed by atoms with Gasteiger partial charge in [-0.25, -0.2) is 4.79 Å². The van der Waals surface area contributed by atoms with Crippen LogP contribution >= 0.6 is 0 Å². The lowest BCUT2D eigenvalue weighted by atomic mass is 9.83.